The molecule has 3 nitrogen and oxygen atoms in total. The lowest BCUT2D eigenvalue weighted by Crippen LogP contribution is -2.07. The molecule has 0 aliphatic heterocycles. The van der Waals surface area contributed by atoms with Crippen molar-refractivity contribution in [1.29, 1.82) is 0 Å². The monoisotopic (exact) mass is 284 g/mol. The van der Waals surface area contributed by atoms with Gasteiger partial charge in [0, 0.05) is 12.0 Å². The number of carbonyl (C=O) groups excluding carboxylic acids is 1. The fraction of sp³-hybridized carbons (Fsp3) is 0.278. The Labute approximate surface area is 125 Å². The van der Waals surface area contributed by atoms with Crippen LogP contribution in [0.3, 0.4) is 0 Å². The largest absolute Gasteiger partial charge is 0.493 e. The third-order valence-electron chi connectivity index (χ3n) is 3.52. The quantitative estimate of drug-likeness (QED) is 0.784. The van der Waals surface area contributed by atoms with Gasteiger partial charge in [-0.15, -0.1) is 0 Å². The van der Waals surface area contributed by atoms with Crippen molar-refractivity contribution >= 4 is 5.78 Å². The Bertz CT molecular complexity index is 642. The van der Waals surface area contributed by atoms with Gasteiger partial charge in [-0.05, 0) is 37.1 Å². The summed E-state index contributed by atoms with van der Waals surface area (Å²) < 4.78 is 10.5. The minimum absolute atomic E-state index is 0.0808. The third-order valence-corrected chi connectivity index (χ3v) is 3.52. The Hall–Kier alpha value is -2.29. The second kappa shape index (κ2) is 6.44. The summed E-state index contributed by atoms with van der Waals surface area (Å²) >= 11 is 0. The lowest BCUT2D eigenvalue weighted by atomic mass is 9.98. The summed E-state index contributed by atoms with van der Waals surface area (Å²) in [6.45, 7) is 3.94. The van der Waals surface area contributed by atoms with E-state index in [0.29, 0.717) is 23.5 Å². The molecule has 0 bridgehead atoms. The predicted molar refractivity (Wildman–Crippen MR) is 83.5 cm³/mol. The van der Waals surface area contributed by atoms with Gasteiger partial charge in [-0.1, -0.05) is 29.8 Å². The van der Waals surface area contributed by atoms with Crippen LogP contribution in [0.15, 0.2) is 36.4 Å². The smallest absolute Gasteiger partial charge is 0.167 e. The lowest BCUT2D eigenvalue weighted by molar-refractivity contribution is 0.0992. The minimum atomic E-state index is 0.0808. The van der Waals surface area contributed by atoms with Gasteiger partial charge in [0.25, 0.3) is 0 Å². The van der Waals surface area contributed by atoms with Crippen molar-refractivity contribution in [1.82, 2.24) is 0 Å². The Morgan fingerprint density at radius 2 is 1.52 bits per heavy atom. The second-order valence-electron chi connectivity index (χ2n) is 5.11. The maximum absolute atomic E-state index is 12.5. The fourth-order valence-electron chi connectivity index (χ4n) is 2.27. The van der Waals surface area contributed by atoms with Gasteiger partial charge in [0.05, 0.1) is 14.2 Å². The number of carbonyl (C=O) groups is 1. The maximum atomic E-state index is 12.5. The van der Waals surface area contributed by atoms with Gasteiger partial charge in [-0.3, -0.25) is 4.79 Å². The summed E-state index contributed by atoms with van der Waals surface area (Å²) in [7, 11) is 3.16. The van der Waals surface area contributed by atoms with E-state index in [9.17, 15) is 4.79 Å². The number of ketones is 1. The number of benzene rings is 2. The normalized spacial score (nSPS) is 10.3. The molecule has 2 rings (SSSR count). The molecule has 0 spiro atoms. The van der Waals surface area contributed by atoms with Crippen LogP contribution in [0, 0.1) is 13.8 Å². The van der Waals surface area contributed by atoms with Crippen molar-refractivity contribution < 1.29 is 14.3 Å². The average molecular weight is 284 g/mol. The molecule has 2 aromatic rings. The first-order valence-corrected chi connectivity index (χ1v) is 6.86. The summed E-state index contributed by atoms with van der Waals surface area (Å²) in [4.78, 5) is 12.5. The van der Waals surface area contributed by atoms with Gasteiger partial charge >= 0.3 is 0 Å². The zero-order valence-corrected chi connectivity index (χ0v) is 12.9. The molecule has 0 saturated heterocycles. The van der Waals surface area contributed by atoms with Crippen molar-refractivity contribution in [2.45, 2.75) is 20.3 Å². The summed E-state index contributed by atoms with van der Waals surface area (Å²) in [5, 5.41) is 0. The van der Waals surface area contributed by atoms with Crippen molar-refractivity contribution in [3.63, 3.8) is 0 Å². The highest BCUT2D eigenvalue weighted by Gasteiger charge is 2.14. The molecule has 3 heteroatoms. The van der Waals surface area contributed by atoms with E-state index < -0.39 is 0 Å². The second-order valence-corrected chi connectivity index (χ2v) is 5.11. The van der Waals surface area contributed by atoms with Gasteiger partial charge in [-0.2, -0.15) is 0 Å². The van der Waals surface area contributed by atoms with E-state index in [-0.39, 0.29) is 5.78 Å². The summed E-state index contributed by atoms with van der Waals surface area (Å²) in [5.41, 5.74) is 3.77. The minimum Gasteiger partial charge on any atom is -0.493 e. The van der Waals surface area contributed by atoms with Crippen LogP contribution in [0.4, 0.5) is 0 Å². The molecule has 0 aromatic heterocycles. The molecule has 0 aliphatic carbocycles. The maximum Gasteiger partial charge on any atom is 0.167 e. The molecule has 0 N–H and O–H groups in total. The number of hydrogen-bond acceptors (Lipinski definition) is 3. The van der Waals surface area contributed by atoms with E-state index in [1.54, 1.807) is 20.3 Å². The van der Waals surface area contributed by atoms with Crippen LogP contribution in [0.1, 0.15) is 27.0 Å². The Kier molecular flexibility index (Phi) is 4.63. The van der Waals surface area contributed by atoms with Crippen LogP contribution in [-0.4, -0.2) is 20.0 Å². The highest BCUT2D eigenvalue weighted by Crippen LogP contribution is 2.30. The molecule has 0 aliphatic rings. The van der Waals surface area contributed by atoms with Crippen molar-refractivity contribution in [2.75, 3.05) is 14.2 Å². The van der Waals surface area contributed by atoms with Crippen LogP contribution < -0.4 is 9.47 Å². The number of rotatable bonds is 5. The molecular formula is C18H20O3. The molecule has 0 heterocycles. The molecule has 21 heavy (non-hydrogen) atoms. The molecule has 0 radical (unpaired) electrons. The Balaban J connectivity index is 2.28. The summed E-state index contributed by atoms with van der Waals surface area (Å²) in [6, 6.07) is 11.6. The third kappa shape index (κ3) is 3.43. The molecule has 110 valence electrons. The zero-order chi connectivity index (χ0) is 15.4. The number of ether oxygens (including phenoxy) is 2. The highest BCUT2D eigenvalue weighted by atomic mass is 16.5. The first-order valence-electron chi connectivity index (χ1n) is 6.86. The van der Waals surface area contributed by atoms with Crippen LogP contribution >= 0.6 is 0 Å². The molecule has 0 unspecified atom stereocenters. The standard InChI is InChI=1S/C18H20O3/c1-12-5-7-14(8-6-12)10-16(19)15-11-18(21-4)17(20-3)9-13(15)2/h5-9,11H,10H2,1-4H3. The molecule has 2 aromatic carbocycles. The molecule has 0 fully saturated rings. The SMILES string of the molecule is COc1cc(C)c(C(=O)Cc2ccc(C)cc2)cc1OC. The van der Waals surface area contributed by atoms with Crippen LogP contribution in [-0.2, 0) is 6.42 Å². The summed E-state index contributed by atoms with van der Waals surface area (Å²) in [5.74, 6) is 1.30. The molecule has 0 atom stereocenters. The van der Waals surface area contributed by atoms with Crippen molar-refractivity contribution in [3.05, 3.63) is 58.7 Å². The Morgan fingerprint density at radius 3 is 2.10 bits per heavy atom. The fourth-order valence-corrected chi connectivity index (χ4v) is 2.27. The first-order chi connectivity index (χ1) is 10.0. The van der Waals surface area contributed by atoms with E-state index in [0.717, 1.165) is 11.1 Å². The first kappa shape index (κ1) is 15.1. The number of methoxy groups -OCH3 is 2. The van der Waals surface area contributed by atoms with Gasteiger partial charge in [0.1, 0.15) is 0 Å². The van der Waals surface area contributed by atoms with Crippen molar-refractivity contribution in [3.8, 4) is 11.5 Å². The topological polar surface area (TPSA) is 35.5 Å². The molecular weight excluding hydrogens is 264 g/mol. The zero-order valence-electron chi connectivity index (χ0n) is 12.9. The van der Waals surface area contributed by atoms with E-state index >= 15 is 0 Å². The Morgan fingerprint density at radius 1 is 0.952 bits per heavy atom. The van der Waals surface area contributed by atoms with Crippen molar-refractivity contribution in [2.24, 2.45) is 0 Å². The van der Waals surface area contributed by atoms with Crippen LogP contribution in [0.5, 0.6) is 11.5 Å². The van der Waals surface area contributed by atoms with Crippen LogP contribution in [0.25, 0.3) is 0 Å². The molecule has 0 saturated carbocycles. The van der Waals surface area contributed by atoms with E-state index in [1.165, 1.54) is 5.56 Å². The predicted octanol–water partition coefficient (Wildman–Crippen LogP) is 3.75. The van der Waals surface area contributed by atoms with E-state index in [1.807, 2.05) is 44.2 Å². The van der Waals surface area contributed by atoms with Gasteiger partial charge in [0.15, 0.2) is 17.3 Å². The average Bonchev–Trinajstić information content (AvgIpc) is 2.49. The van der Waals surface area contributed by atoms with Crippen LogP contribution in [0.2, 0.25) is 0 Å². The molecule has 0 amide bonds. The number of aryl methyl sites for hydroxylation is 2. The summed E-state index contributed by atoms with van der Waals surface area (Å²) in [6.07, 6.45) is 0.386. The highest BCUT2D eigenvalue weighted by molar-refractivity contribution is 5.99. The van der Waals surface area contributed by atoms with Gasteiger partial charge in [-0.25, -0.2) is 0 Å². The van der Waals surface area contributed by atoms with E-state index in [4.69, 9.17) is 9.47 Å². The lowest BCUT2D eigenvalue weighted by Gasteiger charge is -2.12. The van der Waals surface area contributed by atoms with Gasteiger partial charge in [0.2, 0.25) is 0 Å². The number of Topliss-reactive ketones (excluding diaryl/α,β-unsaturated/α-hetero) is 1. The van der Waals surface area contributed by atoms with E-state index in [2.05, 4.69) is 0 Å². The van der Waals surface area contributed by atoms with Gasteiger partial charge < -0.3 is 9.47 Å². The number of hydrogen-bond donors (Lipinski definition) is 0.